The van der Waals surface area contributed by atoms with Crippen molar-refractivity contribution >= 4 is 5.91 Å². The third-order valence-corrected chi connectivity index (χ3v) is 2.13. The highest BCUT2D eigenvalue weighted by molar-refractivity contribution is 5.85. The van der Waals surface area contributed by atoms with Gasteiger partial charge in [-0.2, -0.15) is 5.26 Å². The van der Waals surface area contributed by atoms with Crippen LogP contribution in [-0.4, -0.2) is 5.91 Å². The molecule has 0 saturated heterocycles. The number of nitriles is 1. The lowest BCUT2D eigenvalue weighted by Crippen LogP contribution is -2.46. The average Bonchev–Trinajstić information content (AvgIpc) is 2.17. The molecule has 14 heavy (non-hydrogen) atoms. The fraction of sp³-hybridized carbons (Fsp3) is 0.200. The van der Waals surface area contributed by atoms with Gasteiger partial charge in [-0.25, -0.2) is 0 Å². The molecular formula is C10H11N3O. The summed E-state index contributed by atoms with van der Waals surface area (Å²) in [7, 11) is 0. The molecule has 4 heteroatoms. The summed E-state index contributed by atoms with van der Waals surface area (Å²) >= 11 is 0. The van der Waals surface area contributed by atoms with Gasteiger partial charge in [-0.3, -0.25) is 4.79 Å². The van der Waals surface area contributed by atoms with E-state index in [1.807, 2.05) is 6.07 Å². The van der Waals surface area contributed by atoms with E-state index in [0.717, 1.165) is 0 Å². The number of nitrogens with two attached hydrogens (primary N) is 2. The zero-order valence-electron chi connectivity index (χ0n) is 7.82. The number of hydrogen-bond donors (Lipinski definition) is 2. The summed E-state index contributed by atoms with van der Waals surface area (Å²) in [6, 6.07) is 8.44. The number of nitrogens with zero attached hydrogens (tertiary/aromatic N) is 1. The van der Waals surface area contributed by atoms with E-state index in [2.05, 4.69) is 0 Å². The third-order valence-electron chi connectivity index (χ3n) is 2.13. The zero-order valence-corrected chi connectivity index (χ0v) is 7.82. The normalized spacial score (nSPS) is 14.1. The minimum atomic E-state index is -1.19. The Labute approximate surface area is 82.1 Å². The average molecular weight is 189 g/mol. The summed E-state index contributed by atoms with van der Waals surface area (Å²) in [4.78, 5) is 11.0. The van der Waals surface area contributed by atoms with E-state index < -0.39 is 11.4 Å². The second kappa shape index (κ2) is 3.48. The largest absolute Gasteiger partial charge is 0.368 e. The monoisotopic (exact) mass is 189 g/mol. The van der Waals surface area contributed by atoms with Crippen molar-refractivity contribution in [2.45, 2.75) is 12.5 Å². The Hall–Kier alpha value is -1.86. The van der Waals surface area contributed by atoms with Crippen LogP contribution in [0, 0.1) is 11.3 Å². The maximum Gasteiger partial charge on any atom is 0.241 e. The molecule has 1 aromatic rings. The van der Waals surface area contributed by atoms with Gasteiger partial charge in [0, 0.05) is 0 Å². The van der Waals surface area contributed by atoms with Gasteiger partial charge >= 0.3 is 0 Å². The van der Waals surface area contributed by atoms with E-state index in [0.29, 0.717) is 11.1 Å². The van der Waals surface area contributed by atoms with Gasteiger partial charge in [-0.1, -0.05) is 12.1 Å². The van der Waals surface area contributed by atoms with Crippen molar-refractivity contribution in [3.05, 3.63) is 35.4 Å². The Morgan fingerprint density at radius 3 is 2.29 bits per heavy atom. The highest BCUT2D eigenvalue weighted by Gasteiger charge is 2.27. The summed E-state index contributed by atoms with van der Waals surface area (Å²) in [6.07, 6.45) is 0. The molecule has 4 N–H and O–H groups in total. The van der Waals surface area contributed by atoms with Crippen LogP contribution in [0.3, 0.4) is 0 Å². The molecular weight excluding hydrogens is 178 g/mol. The van der Waals surface area contributed by atoms with Gasteiger partial charge in [-0.15, -0.1) is 0 Å². The first-order chi connectivity index (χ1) is 6.48. The summed E-state index contributed by atoms with van der Waals surface area (Å²) in [6.45, 7) is 1.54. The Balaban J connectivity index is 3.10. The Bertz CT molecular complexity index is 387. The minimum Gasteiger partial charge on any atom is -0.368 e. The molecule has 72 valence electrons. The van der Waals surface area contributed by atoms with Crippen molar-refractivity contribution in [2.75, 3.05) is 0 Å². The van der Waals surface area contributed by atoms with Crippen LogP contribution >= 0.6 is 0 Å². The first-order valence-electron chi connectivity index (χ1n) is 4.08. The van der Waals surface area contributed by atoms with Gasteiger partial charge in [0.15, 0.2) is 0 Å². The van der Waals surface area contributed by atoms with E-state index in [1.54, 1.807) is 24.3 Å². The van der Waals surface area contributed by atoms with Gasteiger partial charge < -0.3 is 11.5 Å². The fourth-order valence-electron chi connectivity index (χ4n) is 1.03. The van der Waals surface area contributed by atoms with Crippen molar-refractivity contribution in [3.63, 3.8) is 0 Å². The molecule has 0 aliphatic carbocycles. The number of benzene rings is 1. The molecule has 1 aromatic carbocycles. The molecule has 0 saturated carbocycles. The van der Waals surface area contributed by atoms with Crippen LogP contribution < -0.4 is 11.5 Å². The Kier molecular flexibility index (Phi) is 2.54. The number of rotatable bonds is 2. The van der Waals surface area contributed by atoms with Crippen molar-refractivity contribution in [2.24, 2.45) is 11.5 Å². The van der Waals surface area contributed by atoms with Crippen LogP contribution in [0.5, 0.6) is 0 Å². The number of amides is 1. The smallest absolute Gasteiger partial charge is 0.241 e. The Morgan fingerprint density at radius 1 is 1.43 bits per heavy atom. The van der Waals surface area contributed by atoms with Crippen molar-refractivity contribution in [3.8, 4) is 6.07 Å². The van der Waals surface area contributed by atoms with Crippen LogP contribution in [-0.2, 0) is 10.3 Å². The lowest BCUT2D eigenvalue weighted by Gasteiger charge is -2.20. The standard InChI is InChI=1S/C10H11N3O/c1-10(13,9(12)14)8-4-2-7(6-11)3-5-8/h2-5H,13H2,1H3,(H2,12,14)/t10-/m0/s1. The lowest BCUT2D eigenvalue weighted by atomic mass is 9.92. The summed E-state index contributed by atoms with van der Waals surface area (Å²) in [5.41, 5.74) is 10.8. The van der Waals surface area contributed by atoms with Gasteiger partial charge in [0.2, 0.25) is 5.91 Å². The van der Waals surface area contributed by atoms with E-state index in [9.17, 15) is 4.79 Å². The number of primary amides is 1. The molecule has 0 heterocycles. The highest BCUT2D eigenvalue weighted by Crippen LogP contribution is 2.17. The van der Waals surface area contributed by atoms with Crippen LogP contribution in [0.1, 0.15) is 18.1 Å². The van der Waals surface area contributed by atoms with E-state index in [4.69, 9.17) is 16.7 Å². The van der Waals surface area contributed by atoms with Crippen LogP contribution in [0.2, 0.25) is 0 Å². The van der Waals surface area contributed by atoms with Crippen LogP contribution in [0.15, 0.2) is 24.3 Å². The molecule has 1 atom stereocenters. The minimum absolute atomic E-state index is 0.522. The Morgan fingerprint density at radius 2 is 1.93 bits per heavy atom. The molecule has 4 nitrogen and oxygen atoms in total. The fourth-order valence-corrected chi connectivity index (χ4v) is 1.03. The molecule has 0 spiro atoms. The van der Waals surface area contributed by atoms with Crippen LogP contribution in [0.4, 0.5) is 0 Å². The first kappa shape index (κ1) is 10.2. The number of carbonyl (C=O) groups is 1. The second-order valence-electron chi connectivity index (χ2n) is 3.26. The predicted molar refractivity (Wildman–Crippen MR) is 51.9 cm³/mol. The van der Waals surface area contributed by atoms with Crippen molar-refractivity contribution in [1.29, 1.82) is 5.26 Å². The highest BCUT2D eigenvalue weighted by atomic mass is 16.1. The number of hydrogen-bond acceptors (Lipinski definition) is 3. The maximum absolute atomic E-state index is 11.0. The molecule has 0 fully saturated rings. The second-order valence-corrected chi connectivity index (χ2v) is 3.26. The summed E-state index contributed by atoms with van der Waals surface area (Å²) < 4.78 is 0. The van der Waals surface area contributed by atoms with Gasteiger partial charge in [0.05, 0.1) is 11.6 Å². The number of carbonyl (C=O) groups excluding carboxylic acids is 1. The summed E-state index contributed by atoms with van der Waals surface area (Å²) in [5, 5.41) is 8.57. The molecule has 1 rings (SSSR count). The quantitative estimate of drug-likeness (QED) is 0.696. The van der Waals surface area contributed by atoms with E-state index >= 15 is 0 Å². The summed E-state index contributed by atoms with van der Waals surface area (Å²) in [5.74, 6) is -0.595. The van der Waals surface area contributed by atoms with Crippen molar-refractivity contribution < 1.29 is 4.79 Å². The van der Waals surface area contributed by atoms with Gasteiger partial charge in [-0.05, 0) is 24.6 Å². The molecule has 0 aromatic heterocycles. The topological polar surface area (TPSA) is 92.9 Å². The molecule has 0 radical (unpaired) electrons. The predicted octanol–water partition coefficient (Wildman–Crippen LogP) is 0.217. The molecule has 0 aliphatic heterocycles. The third kappa shape index (κ3) is 1.73. The molecule has 1 amide bonds. The molecule has 0 aliphatic rings. The van der Waals surface area contributed by atoms with Gasteiger partial charge in [0.1, 0.15) is 5.54 Å². The van der Waals surface area contributed by atoms with Crippen LogP contribution in [0.25, 0.3) is 0 Å². The molecule has 0 bridgehead atoms. The molecule has 0 unspecified atom stereocenters. The van der Waals surface area contributed by atoms with Crippen molar-refractivity contribution in [1.82, 2.24) is 0 Å². The zero-order chi connectivity index (χ0) is 10.8. The van der Waals surface area contributed by atoms with Gasteiger partial charge in [0.25, 0.3) is 0 Å². The van der Waals surface area contributed by atoms with E-state index in [1.165, 1.54) is 6.92 Å². The first-order valence-corrected chi connectivity index (χ1v) is 4.08. The maximum atomic E-state index is 11.0. The SMILES string of the molecule is C[C@@](N)(C(N)=O)c1ccc(C#N)cc1. The lowest BCUT2D eigenvalue weighted by molar-refractivity contribution is -0.122. The van der Waals surface area contributed by atoms with E-state index in [-0.39, 0.29) is 0 Å².